The monoisotopic (exact) mass is 87.1 g/mol. The van der Waals surface area contributed by atoms with E-state index in [1.54, 1.807) is 6.92 Å². The van der Waals surface area contributed by atoms with E-state index in [4.69, 9.17) is 5.73 Å². The molecule has 1 unspecified atom stereocenters. The smallest absolute Gasteiger partial charge is 0.143 e. The second-order valence-corrected chi connectivity index (χ2v) is 1.01. The summed E-state index contributed by atoms with van der Waals surface area (Å²) in [6.45, 7) is 5.04. The molecule has 0 aliphatic heterocycles. The van der Waals surface area contributed by atoms with Gasteiger partial charge in [-0.2, -0.15) is 0 Å². The first-order chi connectivity index (χ1) is 2.77. The molecule has 0 bridgehead atoms. The Balaban J connectivity index is 2.81. The third kappa shape index (κ3) is 3.50. The van der Waals surface area contributed by atoms with Crippen molar-refractivity contribution in [2.45, 2.75) is 13.2 Å². The van der Waals surface area contributed by atoms with Crippen LogP contribution >= 0.6 is 0 Å². The van der Waals surface area contributed by atoms with E-state index < -0.39 is 0 Å². The lowest BCUT2D eigenvalue weighted by atomic mass is 10.7. The average molecular weight is 87.1 g/mol. The Morgan fingerprint density at radius 1 is 2.00 bits per heavy atom. The second kappa shape index (κ2) is 2.72. The van der Waals surface area contributed by atoms with Crippen LogP contribution in [0.1, 0.15) is 6.92 Å². The Kier molecular flexibility index (Phi) is 2.50. The highest BCUT2D eigenvalue weighted by Gasteiger charge is 1.80. The Labute approximate surface area is 37.6 Å². The van der Waals surface area contributed by atoms with Crippen LogP contribution in [-0.2, 0) is 4.74 Å². The highest BCUT2D eigenvalue weighted by atomic mass is 16.5. The molecule has 36 valence electrons. The molecule has 0 saturated carbocycles. The maximum absolute atomic E-state index is 5.11. The zero-order valence-electron chi connectivity index (χ0n) is 3.85. The fourth-order valence-corrected chi connectivity index (χ4v) is 0.152. The van der Waals surface area contributed by atoms with Crippen molar-refractivity contribution in [3.8, 4) is 0 Å². The Morgan fingerprint density at radius 3 is 2.50 bits per heavy atom. The molecule has 0 aliphatic rings. The summed E-state index contributed by atoms with van der Waals surface area (Å²) in [4.78, 5) is 0. The number of ether oxygens (including phenoxy) is 1. The predicted molar refractivity (Wildman–Crippen MR) is 24.9 cm³/mol. The van der Waals surface area contributed by atoms with Crippen LogP contribution in [0.25, 0.3) is 0 Å². The van der Waals surface area contributed by atoms with E-state index in [1.165, 1.54) is 6.26 Å². The van der Waals surface area contributed by atoms with Crippen molar-refractivity contribution in [2.75, 3.05) is 0 Å². The molecule has 0 spiro atoms. The van der Waals surface area contributed by atoms with E-state index in [1.807, 2.05) is 0 Å². The number of hydrogen-bond donors (Lipinski definition) is 1. The summed E-state index contributed by atoms with van der Waals surface area (Å²) >= 11 is 0. The highest BCUT2D eigenvalue weighted by Crippen LogP contribution is 1.75. The third-order valence-electron chi connectivity index (χ3n) is 0.311. The normalized spacial score (nSPS) is 13.0. The maximum atomic E-state index is 5.11. The first-order valence-electron chi connectivity index (χ1n) is 1.79. The van der Waals surface area contributed by atoms with Gasteiger partial charge in [-0.25, -0.2) is 0 Å². The highest BCUT2D eigenvalue weighted by molar-refractivity contribution is 4.49. The number of hydrogen-bond acceptors (Lipinski definition) is 2. The van der Waals surface area contributed by atoms with E-state index in [-0.39, 0.29) is 6.23 Å². The lowest BCUT2D eigenvalue weighted by Crippen LogP contribution is -2.15. The average Bonchev–Trinajstić information content (AvgIpc) is 1.35. The molecule has 2 N–H and O–H groups in total. The molecule has 0 aromatic carbocycles. The zero-order chi connectivity index (χ0) is 4.99. The van der Waals surface area contributed by atoms with Gasteiger partial charge in [0.15, 0.2) is 0 Å². The molecule has 0 saturated heterocycles. The molecule has 0 amide bonds. The van der Waals surface area contributed by atoms with Crippen LogP contribution < -0.4 is 5.73 Å². The lowest BCUT2D eigenvalue weighted by molar-refractivity contribution is 0.169. The van der Waals surface area contributed by atoms with Gasteiger partial charge in [0.05, 0.1) is 6.26 Å². The minimum atomic E-state index is -0.220. The summed E-state index contributed by atoms with van der Waals surface area (Å²) in [5.41, 5.74) is 5.11. The molecule has 0 aliphatic carbocycles. The molecular weight excluding hydrogens is 78.0 g/mol. The van der Waals surface area contributed by atoms with E-state index in [2.05, 4.69) is 11.3 Å². The second-order valence-electron chi connectivity index (χ2n) is 1.01. The minimum Gasteiger partial charge on any atom is -0.484 e. The van der Waals surface area contributed by atoms with Crippen LogP contribution in [0.15, 0.2) is 12.8 Å². The van der Waals surface area contributed by atoms with Crippen LogP contribution in [0.3, 0.4) is 0 Å². The van der Waals surface area contributed by atoms with E-state index in [0.717, 1.165) is 0 Å². The van der Waals surface area contributed by atoms with Gasteiger partial charge in [-0.1, -0.05) is 6.58 Å². The summed E-state index contributed by atoms with van der Waals surface area (Å²) in [6, 6.07) is 0. The quantitative estimate of drug-likeness (QED) is 0.392. The fourth-order valence-electron chi connectivity index (χ4n) is 0.152. The fraction of sp³-hybridized carbons (Fsp3) is 0.500. The van der Waals surface area contributed by atoms with Crippen molar-refractivity contribution in [2.24, 2.45) is 5.73 Å². The predicted octanol–water partition coefficient (Wildman–Crippen LogP) is 0.451. The molecule has 0 radical (unpaired) electrons. The zero-order valence-corrected chi connectivity index (χ0v) is 3.85. The first-order valence-corrected chi connectivity index (χ1v) is 1.79. The first kappa shape index (κ1) is 5.50. The number of rotatable bonds is 2. The van der Waals surface area contributed by atoms with Gasteiger partial charge in [0.2, 0.25) is 0 Å². The molecule has 0 rings (SSSR count). The molecular formula is C4H9NO. The summed E-state index contributed by atoms with van der Waals surface area (Å²) < 4.78 is 4.58. The molecule has 0 fully saturated rings. The molecule has 2 heteroatoms. The third-order valence-corrected chi connectivity index (χ3v) is 0.311. The van der Waals surface area contributed by atoms with Gasteiger partial charge < -0.3 is 4.74 Å². The Bertz CT molecular complexity index is 42.8. The van der Waals surface area contributed by atoms with E-state index >= 15 is 0 Å². The van der Waals surface area contributed by atoms with Gasteiger partial charge >= 0.3 is 0 Å². The van der Waals surface area contributed by atoms with Crippen LogP contribution in [0.5, 0.6) is 0 Å². The van der Waals surface area contributed by atoms with Crippen LogP contribution in [0, 0.1) is 0 Å². The SMILES string of the molecule is C=COC(C)N. The Hall–Kier alpha value is -0.500. The van der Waals surface area contributed by atoms with Crippen molar-refractivity contribution in [3.63, 3.8) is 0 Å². The van der Waals surface area contributed by atoms with Crippen molar-refractivity contribution >= 4 is 0 Å². The van der Waals surface area contributed by atoms with Crippen LogP contribution in [0.2, 0.25) is 0 Å². The molecule has 0 aromatic rings. The lowest BCUT2D eigenvalue weighted by Gasteiger charge is -1.99. The van der Waals surface area contributed by atoms with Crippen LogP contribution in [-0.4, -0.2) is 6.23 Å². The molecule has 0 heterocycles. The van der Waals surface area contributed by atoms with Gasteiger partial charge in [0, 0.05) is 0 Å². The standard InChI is InChI=1S/C4H9NO/c1-3-6-4(2)5/h3-4H,1,5H2,2H3. The van der Waals surface area contributed by atoms with Crippen molar-refractivity contribution < 1.29 is 4.74 Å². The largest absolute Gasteiger partial charge is 0.484 e. The summed E-state index contributed by atoms with van der Waals surface area (Å²) in [5.74, 6) is 0. The van der Waals surface area contributed by atoms with Gasteiger partial charge in [-0.05, 0) is 6.92 Å². The molecule has 2 nitrogen and oxygen atoms in total. The molecule has 0 aromatic heterocycles. The number of nitrogens with two attached hydrogens (primary N) is 1. The van der Waals surface area contributed by atoms with Gasteiger partial charge in [0.25, 0.3) is 0 Å². The van der Waals surface area contributed by atoms with E-state index in [9.17, 15) is 0 Å². The summed E-state index contributed by atoms with van der Waals surface area (Å²) in [6.07, 6.45) is 1.10. The topological polar surface area (TPSA) is 35.2 Å². The van der Waals surface area contributed by atoms with Crippen molar-refractivity contribution in [3.05, 3.63) is 12.8 Å². The van der Waals surface area contributed by atoms with Crippen molar-refractivity contribution in [1.82, 2.24) is 0 Å². The van der Waals surface area contributed by atoms with E-state index in [0.29, 0.717) is 0 Å². The van der Waals surface area contributed by atoms with Gasteiger partial charge in [-0.3, -0.25) is 5.73 Å². The maximum Gasteiger partial charge on any atom is 0.143 e. The van der Waals surface area contributed by atoms with Gasteiger partial charge in [-0.15, -0.1) is 0 Å². The summed E-state index contributed by atoms with van der Waals surface area (Å²) in [5, 5.41) is 0. The summed E-state index contributed by atoms with van der Waals surface area (Å²) in [7, 11) is 0. The molecule has 6 heavy (non-hydrogen) atoms. The van der Waals surface area contributed by atoms with Crippen molar-refractivity contribution in [1.29, 1.82) is 0 Å². The minimum absolute atomic E-state index is 0.220. The Morgan fingerprint density at radius 2 is 2.50 bits per heavy atom. The van der Waals surface area contributed by atoms with Crippen LogP contribution in [0.4, 0.5) is 0 Å². The molecule has 1 atom stereocenters. The van der Waals surface area contributed by atoms with Gasteiger partial charge in [0.1, 0.15) is 6.23 Å².